The van der Waals surface area contributed by atoms with E-state index in [1.165, 1.54) is 5.56 Å². The van der Waals surface area contributed by atoms with Crippen molar-refractivity contribution >= 4 is 0 Å². The fourth-order valence-corrected chi connectivity index (χ4v) is 2.58. The second-order valence-corrected chi connectivity index (χ2v) is 6.45. The van der Waals surface area contributed by atoms with Gasteiger partial charge in [-0.25, -0.2) is 0 Å². The van der Waals surface area contributed by atoms with E-state index in [9.17, 15) is 0 Å². The SMILES string of the molecule is CC(N1CCNC(c2ccccc2)C1)C(C)(C)C. The predicted octanol–water partition coefficient (Wildman–Crippen LogP) is 3.07. The van der Waals surface area contributed by atoms with Gasteiger partial charge in [0.2, 0.25) is 0 Å². The van der Waals surface area contributed by atoms with Crippen molar-refractivity contribution in [2.24, 2.45) is 5.41 Å². The summed E-state index contributed by atoms with van der Waals surface area (Å²) in [7, 11) is 0. The number of nitrogens with zero attached hydrogens (tertiary/aromatic N) is 1. The molecule has 2 heteroatoms. The molecule has 100 valence electrons. The summed E-state index contributed by atoms with van der Waals surface area (Å²) in [5, 5.41) is 3.63. The van der Waals surface area contributed by atoms with Crippen molar-refractivity contribution < 1.29 is 0 Å². The average Bonchev–Trinajstić information content (AvgIpc) is 2.38. The van der Waals surface area contributed by atoms with Gasteiger partial charge in [0.05, 0.1) is 0 Å². The van der Waals surface area contributed by atoms with E-state index in [1.807, 2.05) is 0 Å². The molecule has 0 saturated carbocycles. The second-order valence-electron chi connectivity index (χ2n) is 6.45. The maximum Gasteiger partial charge on any atom is 0.0449 e. The van der Waals surface area contributed by atoms with E-state index in [4.69, 9.17) is 0 Å². The first kappa shape index (κ1) is 13.6. The molecule has 2 rings (SSSR count). The summed E-state index contributed by atoms with van der Waals surface area (Å²) in [6.07, 6.45) is 0. The molecule has 1 N–H and O–H groups in total. The molecule has 0 amide bonds. The summed E-state index contributed by atoms with van der Waals surface area (Å²) >= 11 is 0. The Labute approximate surface area is 111 Å². The molecule has 1 fully saturated rings. The van der Waals surface area contributed by atoms with Gasteiger partial charge in [0.15, 0.2) is 0 Å². The molecule has 2 nitrogen and oxygen atoms in total. The Balaban J connectivity index is 2.05. The van der Waals surface area contributed by atoms with Gasteiger partial charge in [-0.15, -0.1) is 0 Å². The molecule has 0 bridgehead atoms. The third-order valence-corrected chi connectivity index (χ3v) is 4.21. The van der Waals surface area contributed by atoms with Gasteiger partial charge < -0.3 is 5.32 Å². The Bertz CT molecular complexity index is 366. The molecule has 18 heavy (non-hydrogen) atoms. The minimum Gasteiger partial charge on any atom is -0.308 e. The van der Waals surface area contributed by atoms with Gasteiger partial charge in [0.25, 0.3) is 0 Å². The minimum atomic E-state index is 0.346. The lowest BCUT2D eigenvalue weighted by molar-refractivity contribution is 0.0816. The molecule has 1 saturated heterocycles. The van der Waals surface area contributed by atoms with Crippen LogP contribution in [0, 0.1) is 5.41 Å². The summed E-state index contributed by atoms with van der Waals surface area (Å²) in [4.78, 5) is 2.62. The fraction of sp³-hybridized carbons (Fsp3) is 0.625. The summed E-state index contributed by atoms with van der Waals surface area (Å²) in [5.74, 6) is 0. The van der Waals surface area contributed by atoms with Gasteiger partial charge >= 0.3 is 0 Å². The van der Waals surface area contributed by atoms with E-state index in [2.05, 4.69) is 68.2 Å². The Morgan fingerprint density at radius 3 is 2.50 bits per heavy atom. The molecule has 1 heterocycles. The highest BCUT2D eigenvalue weighted by atomic mass is 15.2. The van der Waals surface area contributed by atoms with Crippen molar-refractivity contribution in [2.45, 2.75) is 39.8 Å². The highest BCUT2D eigenvalue weighted by Crippen LogP contribution is 2.27. The number of piperazine rings is 1. The summed E-state index contributed by atoms with van der Waals surface area (Å²) in [5.41, 5.74) is 1.75. The van der Waals surface area contributed by atoms with E-state index in [1.54, 1.807) is 0 Å². The van der Waals surface area contributed by atoms with Crippen LogP contribution in [0.5, 0.6) is 0 Å². The zero-order valence-corrected chi connectivity index (χ0v) is 12.1. The molecule has 0 radical (unpaired) electrons. The van der Waals surface area contributed by atoms with E-state index in [-0.39, 0.29) is 0 Å². The van der Waals surface area contributed by atoms with E-state index in [0.29, 0.717) is 17.5 Å². The number of benzene rings is 1. The third kappa shape index (κ3) is 3.12. The maximum atomic E-state index is 3.63. The topological polar surface area (TPSA) is 15.3 Å². The van der Waals surface area contributed by atoms with Crippen molar-refractivity contribution in [1.82, 2.24) is 10.2 Å². The zero-order chi connectivity index (χ0) is 13.2. The van der Waals surface area contributed by atoms with Crippen LogP contribution in [0.4, 0.5) is 0 Å². The maximum absolute atomic E-state index is 3.63. The third-order valence-electron chi connectivity index (χ3n) is 4.21. The van der Waals surface area contributed by atoms with Gasteiger partial charge in [-0.2, -0.15) is 0 Å². The van der Waals surface area contributed by atoms with Crippen LogP contribution in [0.3, 0.4) is 0 Å². The summed E-state index contributed by atoms with van der Waals surface area (Å²) in [6, 6.07) is 11.9. The van der Waals surface area contributed by atoms with Gasteiger partial charge in [0.1, 0.15) is 0 Å². The molecule has 1 aliphatic rings. The summed E-state index contributed by atoms with van der Waals surface area (Å²) in [6.45, 7) is 12.7. The first-order valence-electron chi connectivity index (χ1n) is 7.01. The highest BCUT2D eigenvalue weighted by molar-refractivity contribution is 5.19. The predicted molar refractivity (Wildman–Crippen MR) is 77.7 cm³/mol. The molecule has 1 aliphatic heterocycles. The minimum absolute atomic E-state index is 0.346. The molecule has 0 aliphatic carbocycles. The standard InChI is InChI=1S/C16H26N2/c1-13(16(2,3)4)18-11-10-17-15(12-18)14-8-6-5-7-9-14/h5-9,13,15,17H,10-12H2,1-4H3. The van der Waals surface area contributed by atoms with Crippen LogP contribution in [-0.4, -0.2) is 30.6 Å². The molecular formula is C16H26N2. The van der Waals surface area contributed by atoms with Crippen molar-refractivity contribution in [1.29, 1.82) is 0 Å². The zero-order valence-electron chi connectivity index (χ0n) is 12.1. The van der Waals surface area contributed by atoms with Crippen LogP contribution in [0.25, 0.3) is 0 Å². The molecule has 2 atom stereocenters. The first-order valence-corrected chi connectivity index (χ1v) is 7.01. The Kier molecular flexibility index (Phi) is 4.08. The van der Waals surface area contributed by atoms with Gasteiger partial charge in [0, 0.05) is 31.7 Å². The first-order chi connectivity index (χ1) is 8.48. The monoisotopic (exact) mass is 246 g/mol. The molecule has 1 aromatic carbocycles. The lowest BCUT2D eigenvalue weighted by Gasteiger charge is -2.43. The van der Waals surface area contributed by atoms with Crippen LogP contribution >= 0.6 is 0 Å². The number of nitrogens with one attached hydrogen (secondary N) is 1. The Hall–Kier alpha value is -0.860. The van der Waals surface area contributed by atoms with E-state index in [0.717, 1.165) is 19.6 Å². The van der Waals surface area contributed by atoms with Crippen molar-refractivity contribution in [2.75, 3.05) is 19.6 Å². The van der Waals surface area contributed by atoms with Crippen LogP contribution in [0.1, 0.15) is 39.3 Å². The van der Waals surface area contributed by atoms with Crippen LogP contribution in [0.2, 0.25) is 0 Å². The quantitative estimate of drug-likeness (QED) is 0.863. The van der Waals surface area contributed by atoms with Gasteiger partial charge in [-0.05, 0) is 17.9 Å². The highest BCUT2D eigenvalue weighted by Gasteiger charge is 2.30. The Morgan fingerprint density at radius 1 is 1.22 bits per heavy atom. The van der Waals surface area contributed by atoms with Crippen LogP contribution in [-0.2, 0) is 0 Å². The summed E-state index contributed by atoms with van der Waals surface area (Å²) < 4.78 is 0. The van der Waals surface area contributed by atoms with Gasteiger partial charge in [-0.1, -0.05) is 51.1 Å². The van der Waals surface area contributed by atoms with Crippen molar-refractivity contribution in [3.05, 3.63) is 35.9 Å². The molecular weight excluding hydrogens is 220 g/mol. The smallest absolute Gasteiger partial charge is 0.0449 e. The molecule has 0 aromatic heterocycles. The van der Waals surface area contributed by atoms with Crippen LogP contribution in [0.15, 0.2) is 30.3 Å². The van der Waals surface area contributed by atoms with E-state index >= 15 is 0 Å². The number of hydrogen-bond acceptors (Lipinski definition) is 2. The second kappa shape index (κ2) is 5.41. The van der Waals surface area contributed by atoms with Crippen molar-refractivity contribution in [3.8, 4) is 0 Å². The fourth-order valence-electron chi connectivity index (χ4n) is 2.58. The molecule has 0 spiro atoms. The lowest BCUT2D eigenvalue weighted by atomic mass is 9.86. The van der Waals surface area contributed by atoms with Crippen LogP contribution < -0.4 is 5.32 Å². The number of hydrogen-bond donors (Lipinski definition) is 1. The van der Waals surface area contributed by atoms with Gasteiger partial charge in [-0.3, -0.25) is 4.90 Å². The molecule has 1 aromatic rings. The Morgan fingerprint density at radius 2 is 1.89 bits per heavy atom. The average molecular weight is 246 g/mol. The largest absolute Gasteiger partial charge is 0.308 e. The number of rotatable bonds is 2. The molecule has 2 unspecified atom stereocenters. The van der Waals surface area contributed by atoms with Crippen molar-refractivity contribution in [3.63, 3.8) is 0 Å². The van der Waals surface area contributed by atoms with E-state index < -0.39 is 0 Å². The lowest BCUT2D eigenvalue weighted by Crippen LogP contribution is -2.52. The normalized spacial score (nSPS) is 23.9.